The fourth-order valence-electron chi connectivity index (χ4n) is 2.93. The van der Waals surface area contributed by atoms with E-state index in [2.05, 4.69) is 17.4 Å². The van der Waals surface area contributed by atoms with E-state index in [1.165, 1.54) is 22.3 Å². The second kappa shape index (κ2) is 6.37. The molecule has 0 aliphatic heterocycles. The van der Waals surface area contributed by atoms with Crippen molar-refractivity contribution in [2.45, 2.75) is 18.9 Å². The Labute approximate surface area is 141 Å². The summed E-state index contributed by atoms with van der Waals surface area (Å²) in [5.41, 5.74) is 11.3. The molecule has 1 aliphatic carbocycles. The molecule has 1 unspecified atom stereocenters. The van der Waals surface area contributed by atoms with Crippen molar-refractivity contribution in [2.24, 2.45) is 5.73 Å². The summed E-state index contributed by atoms with van der Waals surface area (Å²) < 4.78 is 22.3. The molecule has 0 heterocycles. The van der Waals surface area contributed by atoms with Crippen LogP contribution in [-0.4, -0.2) is 32.4 Å². The molecule has 5 nitrogen and oxygen atoms in total. The van der Waals surface area contributed by atoms with Crippen LogP contribution < -0.4 is 11.1 Å². The number of hydrogen-bond acceptors (Lipinski definition) is 4. The number of hydrogen-bond donors (Lipinski definition) is 2. The maximum Gasteiger partial charge on any atom is 0.241 e. The van der Waals surface area contributed by atoms with Crippen molar-refractivity contribution in [3.05, 3.63) is 53.6 Å². The molecule has 0 bridgehead atoms. The van der Waals surface area contributed by atoms with Crippen LogP contribution in [0.1, 0.15) is 17.5 Å². The summed E-state index contributed by atoms with van der Waals surface area (Å²) in [7, 11) is -3.12. The van der Waals surface area contributed by atoms with E-state index in [4.69, 9.17) is 5.73 Å². The van der Waals surface area contributed by atoms with Crippen LogP contribution in [0.15, 0.2) is 42.5 Å². The molecule has 6 heteroatoms. The Kier molecular flexibility index (Phi) is 4.43. The Hall–Kier alpha value is -2.18. The van der Waals surface area contributed by atoms with Gasteiger partial charge in [0.1, 0.15) is 9.84 Å². The van der Waals surface area contributed by atoms with Crippen molar-refractivity contribution in [1.29, 1.82) is 0 Å². The van der Waals surface area contributed by atoms with Gasteiger partial charge in [-0.25, -0.2) is 8.42 Å². The van der Waals surface area contributed by atoms with Crippen LogP contribution in [0.2, 0.25) is 0 Å². The Morgan fingerprint density at radius 2 is 1.88 bits per heavy atom. The number of nitrogens with two attached hydrogens (primary N) is 1. The molecule has 3 rings (SSSR count). The van der Waals surface area contributed by atoms with E-state index in [1.54, 1.807) is 0 Å². The minimum atomic E-state index is -3.12. The first-order valence-corrected chi connectivity index (χ1v) is 9.85. The number of sulfone groups is 1. The van der Waals surface area contributed by atoms with Crippen molar-refractivity contribution in [3.8, 4) is 11.1 Å². The number of carbonyl (C=O) groups excluding carboxylic acids is 1. The highest BCUT2D eigenvalue weighted by Crippen LogP contribution is 2.37. The van der Waals surface area contributed by atoms with Crippen LogP contribution in [0.3, 0.4) is 0 Å². The van der Waals surface area contributed by atoms with E-state index in [0.717, 1.165) is 12.7 Å². The number of anilines is 1. The van der Waals surface area contributed by atoms with Crippen molar-refractivity contribution in [3.63, 3.8) is 0 Å². The van der Waals surface area contributed by atoms with Crippen LogP contribution in [0, 0.1) is 0 Å². The van der Waals surface area contributed by atoms with E-state index >= 15 is 0 Å². The minimum Gasteiger partial charge on any atom is -0.325 e. The second-order valence-corrected chi connectivity index (χ2v) is 8.48. The van der Waals surface area contributed by atoms with Gasteiger partial charge in [-0.3, -0.25) is 4.79 Å². The Bertz CT molecular complexity index is 891. The average Bonchev–Trinajstić information content (AvgIpc) is 2.89. The highest BCUT2D eigenvalue weighted by molar-refractivity contribution is 7.90. The fourth-order valence-corrected chi connectivity index (χ4v) is 3.61. The van der Waals surface area contributed by atoms with E-state index in [1.807, 2.05) is 30.3 Å². The van der Waals surface area contributed by atoms with E-state index < -0.39 is 15.9 Å². The molecule has 24 heavy (non-hydrogen) atoms. The predicted molar refractivity (Wildman–Crippen MR) is 95.6 cm³/mol. The first kappa shape index (κ1) is 16.7. The standard InChI is InChI=1S/C18H20N2O3S/c1-24(22,23)9-8-17(19)18(21)20-14-6-7-16-13(11-14)10-12-4-2-3-5-15(12)16/h2-7,11,17H,8-10,19H2,1H3,(H,20,21). The van der Waals surface area contributed by atoms with Gasteiger partial charge in [0, 0.05) is 11.9 Å². The van der Waals surface area contributed by atoms with Gasteiger partial charge in [-0.2, -0.15) is 0 Å². The summed E-state index contributed by atoms with van der Waals surface area (Å²) in [6, 6.07) is 13.2. The van der Waals surface area contributed by atoms with Gasteiger partial charge in [0.15, 0.2) is 0 Å². The third kappa shape index (κ3) is 3.66. The predicted octanol–water partition coefficient (Wildman–Crippen LogP) is 1.96. The molecule has 2 aromatic carbocycles. The van der Waals surface area contributed by atoms with Gasteiger partial charge in [0.2, 0.25) is 5.91 Å². The van der Waals surface area contributed by atoms with Crippen LogP contribution >= 0.6 is 0 Å². The molecule has 2 aromatic rings. The van der Waals surface area contributed by atoms with Crippen LogP contribution in [0.4, 0.5) is 5.69 Å². The lowest BCUT2D eigenvalue weighted by Crippen LogP contribution is -2.37. The number of rotatable bonds is 5. The Morgan fingerprint density at radius 3 is 2.62 bits per heavy atom. The largest absolute Gasteiger partial charge is 0.325 e. The Morgan fingerprint density at radius 1 is 1.17 bits per heavy atom. The van der Waals surface area contributed by atoms with Gasteiger partial charge in [0.25, 0.3) is 0 Å². The molecule has 126 valence electrons. The lowest BCUT2D eigenvalue weighted by Gasteiger charge is -2.12. The topological polar surface area (TPSA) is 89.3 Å². The third-order valence-corrected chi connectivity index (χ3v) is 5.17. The van der Waals surface area contributed by atoms with Gasteiger partial charge < -0.3 is 11.1 Å². The van der Waals surface area contributed by atoms with Crippen LogP contribution in [0.25, 0.3) is 11.1 Å². The monoisotopic (exact) mass is 344 g/mol. The normalized spacial score (nSPS) is 13.9. The molecule has 0 aromatic heterocycles. The lowest BCUT2D eigenvalue weighted by atomic mass is 10.1. The zero-order valence-corrected chi connectivity index (χ0v) is 14.3. The molecule has 1 atom stereocenters. The molecular formula is C18H20N2O3S. The smallest absolute Gasteiger partial charge is 0.241 e. The minimum absolute atomic E-state index is 0.0961. The summed E-state index contributed by atoms with van der Waals surface area (Å²) in [6.07, 6.45) is 2.09. The third-order valence-electron chi connectivity index (χ3n) is 4.20. The highest BCUT2D eigenvalue weighted by atomic mass is 32.2. The van der Waals surface area contributed by atoms with Gasteiger partial charge in [-0.05, 0) is 47.2 Å². The second-order valence-electron chi connectivity index (χ2n) is 6.22. The van der Waals surface area contributed by atoms with Crippen LogP contribution in [0.5, 0.6) is 0 Å². The SMILES string of the molecule is CS(=O)(=O)CCC(N)C(=O)Nc1ccc2c(c1)Cc1ccccc1-2. The molecule has 0 fully saturated rings. The molecule has 1 aliphatic rings. The highest BCUT2D eigenvalue weighted by Gasteiger charge is 2.20. The summed E-state index contributed by atoms with van der Waals surface area (Å²) in [4.78, 5) is 12.1. The molecule has 0 radical (unpaired) electrons. The molecular weight excluding hydrogens is 324 g/mol. The van der Waals surface area contributed by atoms with Crippen molar-refractivity contribution in [2.75, 3.05) is 17.3 Å². The Balaban J connectivity index is 1.69. The number of carbonyl (C=O) groups is 1. The zero-order valence-electron chi connectivity index (χ0n) is 13.5. The molecule has 0 saturated carbocycles. The maximum absolute atomic E-state index is 12.1. The van der Waals surface area contributed by atoms with Gasteiger partial charge in [-0.1, -0.05) is 30.3 Å². The number of fused-ring (bicyclic) bond motifs is 3. The molecule has 1 amide bonds. The van der Waals surface area contributed by atoms with Crippen LogP contribution in [-0.2, 0) is 21.1 Å². The lowest BCUT2D eigenvalue weighted by molar-refractivity contribution is -0.117. The molecule has 0 spiro atoms. The van der Waals surface area contributed by atoms with E-state index in [9.17, 15) is 13.2 Å². The van der Waals surface area contributed by atoms with Gasteiger partial charge in [0.05, 0.1) is 11.8 Å². The average molecular weight is 344 g/mol. The number of amides is 1. The molecule has 3 N–H and O–H groups in total. The van der Waals surface area contributed by atoms with Crippen molar-refractivity contribution in [1.82, 2.24) is 0 Å². The number of nitrogens with one attached hydrogen (secondary N) is 1. The first-order chi connectivity index (χ1) is 11.3. The van der Waals surface area contributed by atoms with Crippen molar-refractivity contribution < 1.29 is 13.2 Å². The summed E-state index contributed by atoms with van der Waals surface area (Å²) in [5, 5.41) is 2.78. The van der Waals surface area contributed by atoms with Gasteiger partial charge >= 0.3 is 0 Å². The van der Waals surface area contributed by atoms with E-state index in [-0.39, 0.29) is 18.1 Å². The van der Waals surface area contributed by atoms with Crippen molar-refractivity contribution >= 4 is 21.4 Å². The van der Waals surface area contributed by atoms with Gasteiger partial charge in [-0.15, -0.1) is 0 Å². The maximum atomic E-state index is 12.1. The number of benzene rings is 2. The van der Waals surface area contributed by atoms with E-state index in [0.29, 0.717) is 5.69 Å². The fraction of sp³-hybridized carbons (Fsp3) is 0.278. The quantitative estimate of drug-likeness (QED) is 0.740. The molecule has 0 saturated heterocycles. The zero-order chi connectivity index (χ0) is 17.3. The summed E-state index contributed by atoms with van der Waals surface area (Å²) in [6.45, 7) is 0. The summed E-state index contributed by atoms with van der Waals surface area (Å²) >= 11 is 0. The first-order valence-electron chi connectivity index (χ1n) is 7.79. The summed E-state index contributed by atoms with van der Waals surface area (Å²) in [5.74, 6) is -0.463.